The van der Waals surface area contributed by atoms with Crippen LogP contribution >= 0.6 is 45.2 Å². The highest BCUT2D eigenvalue weighted by Gasteiger charge is 2.13. The monoisotopic (exact) mass is 432 g/mol. The van der Waals surface area contributed by atoms with Crippen molar-refractivity contribution >= 4 is 56.8 Å². The Bertz CT molecular complexity index is 373. The summed E-state index contributed by atoms with van der Waals surface area (Å²) < 4.78 is 1.85. The number of nitrogens with two attached hydrogens (primary N) is 2. The largest absolute Gasteiger partial charge is 0.480 e. The molecule has 0 saturated heterocycles. The van der Waals surface area contributed by atoms with Crippen molar-refractivity contribution in [3.8, 4) is 0 Å². The average Bonchev–Trinajstić information content (AvgIpc) is 2.13. The third-order valence-electron chi connectivity index (χ3n) is 1.91. The van der Waals surface area contributed by atoms with Crippen molar-refractivity contribution in [3.63, 3.8) is 0 Å². The molecule has 6 heteroatoms. The van der Waals surface area contributed by atoms with E-state index in [9.17, 15) is 4.79 Å². The molecule has 0 bridgehead atoms. The van der Waals surface area contributed by atoms with Gasteiger partial charge in [0.25, 0.3) is 0 Å². The van der Waals surface area contributed by atoms with Gasteiger partial charge >= 0.3 is 5.97 Å². The highest BCUT2D eigenvalue weighted by molar-refractivity contribution is 14.1. The number of anilines is 1. The number of carboxylic acid groups (broad SMARTS) is 1. The van der Waals surface area contributed by atoms with E-state index in [0.717, 1.165) is 18.4 Å². The lowest BCUT2D eigenvalue weighted by Gasteiger charge is -2.09. The fourth-order valence-corrected chi connectivity index (χ4v) is 2.99. The Balaban J connectivity index is 2.92. The van der Waals surface area contributed by atoms with Gasteiger partial charge in [0, 0.05) is 7.14 Å². The summed E-state index contributed by atoms with van der Waals surface area (Å²) in [5, 5.41) is 8.68. The van der Waals surface area contributed by atoms with E-state index in [1.54, 1.807) is 0 Å². The molecule has 0 aromatic heterocycles. The van der Waals surface area contributed by atoms with Gasteiger partial charge in [0.1, 0.15) is 6.04 Å². The maximum Gasteiger partial charge on any atom is 0.320 e. The van der Waals surface area contributed by atoms with Crippen LogP contribution in [0.1, 0.15) is 5.56 Å². The molecular formula is C9H10I2N2O2. The van der Waals surface area contributed by atoms with Gasteiger partial charge in [-0.25, -0.2) is 0 Å². The third-order valence-corrected chi connectivity index (χ3v) is 3.70. The van der Waals surface area contributed by atoms with Crippen molar-refractivity contribution in [1.82, 2.24) is 0 Å². The van der Waals surface area contributed by atoms with Crippen LogP contribution in [0.5, 0.6) is 0 Å². The summed E-state index contributed by atoms with van der Waals surface area (Å²) in [5.41, 5.74) is 12.9. The number of benzene rings is 1. The molecule has 0 aliphatic rings. The van der Waals surface area contributed by atoms with Crippen LogP contribution < -0.4 is 11.5 Å². The Morgan fingerprint density at radius 2 is 1.87 bits per heavy atom. The van der Waals surface area contributed by atoms with Crippen LogP contribution in [0.25, 0.3) is 0 Å². The summed E-state index contributed by atoms with van der Waals surface area (Å²) in [6, 6.07) is 2.86. The highest BCUT2D eigenvalue weighted by atomic mass is 127. The molecule has 4 nitrogen and oxygen atoms in total. The quantitative estimate of drug-likeness (QED) is 0.499. The summed E-state index contributed by atoms with van der Waals surface area (Å²) in [6.07, 6.45) is 0.321. The summed E-state index contributed by atoms with van der Waals surface area (Å²) >= 11 is 4.24. The van der Waals surface area contributed by atoms with Gasteiger partial charge in [-0.15, -0.1) is 0 Å². The Labute approximate surface area is 115 Å². The average molecular weight is 432 g/mol. The van der Waals surface area contributed by atoms with Crippen molar-refractivity contribution in [2.45, 2.75) is 12.5 Å². The first-order valence-electron chi connectivity index (χ1n) is 4.13. The fraction of sp³-hybridized carbons (Fsp3) is 0.222. The first-order chi connectivity index (χ1) is 6.91. The molecule has 1 unspecified atom stereocenters. The summed E-state index contributed by atoms with van der Waals surface area (Å²) in [6.45, 7) is 0. The van der Waals surface area contributed by atoms with E-state index in [0.29, 0.717) is 6.42 Å². The van der Waals surface area contributed by atoms with Gasteiger partial charge in [0.05, 0.1) is 5.69 Å². The van der Waals surface area contributed by atoms with Gasteiger partial charge in [-0.2, -0.15) is 0 Å². The van der Waals surface area contributed by atoms with Crippen LogP contribution in [-0.2, 0) is 11.2 Å². The van der Waals surface area contributed by atoms with Gasteiger partial charge in [-0.05, 0) is 69.3 Å². The Hall–Kier alpha value is -0.0900. The smallest absolute Gasteiger partial charge is 0.320 e. The van der Waals surface area contributed by atoms with Gasteiger partial charge in [-0.1, -0.05) is 0 Å². The molecule has 1 aromatic carbocycles. The SMILES string of the molecule is Nc1c(I)cc(CC(N)C(=O)O)cc1I. The second-order valence-electron chi connectivity index (χ2n) is 3.12. The van der Waals surface area contributed by atoms with Crippen molar-refractivity contribution in [1.29, 1.82) is 0 Å². The molecule has 5 N–H and O–H groups in total. The molecule has 1 rings (SSSR count). The second kappa shape index (κ2) is 5.30. The van der Waals surface area contributed by atoms with Gasteiger partial charge < -0.3 is 16.6 Å². The van der Waals surface area contributed by atoms with E-state index < -0.39 is 12.0 Å². The van der Waals surface area contributed by atoms with Crippen molar-refractivity contribution in [3.05, 3.63) is 24.8 Å². The number of carboxylic acids is 1. The van der Waals surface area contributed by atoms with Crippen LogP contribution in [0.15, 0.2) is 12.1 Å². The van der Waals surface area contributed by atoms with Crippen LogP contribution in [0, 0.1) is 7.14 Å². The number of aliphatic carboxylic acids is 1. The van der Waals surface area contributed by atoms with Crippen LogP contribution in [0.3, 0.4) is 0 Å². The lowest BCUT2D eigenvalue weighted by Crippen LogP contribution is -2.32. The summed E-state index contributed by atoms with van der Waals surface area (Å²) in [4.78, 5) is 10.6. The summed E-state index contributed by atoms with van der Waals surface area (Å²) in [7, 11) is 0. The van der Waals surface area contributed by atoms with Crippen molar-refractivity contribution in [2.75, 3.05) is 5.73 Å². The fourth-order valence-electron chi connectivity index (χ4n) is 1.10. The van der Waals surface area contributed by atoms with Gasteiger partial charge in [0.2, 0.25) is 0 Å². The van der Waals surface area contributed by atoms with E-state index in [2.05, 4.69) is 45.2 Å². The zero-order valence-corrected chi connectivity index (χ0v) is 12.0. The zero-order valence-electron chi connectivity index (χ0n) is 7.71. The van der Waals surface area contributed by atoms with Crippen molar-refractivity contribution in [2.24, 2.45) is 5.73 Å². The van der Waals surface area contributed by atoms with E-state index in [-0.39, 0.29) is 0 Å². The zero-order chi connectivity index (χ0) is 11.6. The maximum atomic E-state index is 10.6. The molecule has 0 spiro atoms. The van der Waals surface area contributed by atoms with Crippen LogP contribution in [-0.4, -0.2) is 17.1 Å². The number of carbonyl (C=O) groups is 1. The molecule has 0 fully saturated rings. The predicted octanol–water partition coefficient (Wildman–Crippen LogP) is 1.43. The van der Waals surface area contributed by atoms with E-state index in [1.165, 1.54) is 0 Å². The molecule has 15 heavy (non-hydrogen) atoms. The first kappa shape index (κ1) is 13.0. The molecule has 0 heterocycles. The highest BCUT2D eigenvalue weighted by Crippen LogP contribution is 2.24. The number of hydrogen-bond donors (Lipinski definition) is 3. The van der Waals surface area contributed by atoms with E-state index >= 15 is 0 Å². The molecule has 0 amide bonds. The maximum absolute atomic E-state index is 10.6. The lowest BCUT2D eigenvalue weighted by molar-refractivity contribution is -0.138. The third kappa shape index (κ3) is 3.45. The number of nitrogen functional groups attached to an aromatic ring is 1. The second-order valence-corrected chi connectivity index (χ2v) is 5.45. The lowest BCUT2D eigenvalue weighted by atomic mass is 10.1. The number of hydrogen-bond acceptors (Lipinski definition) is 3. The Morgan fingerprint density at radius 1 is 1.40 bits per heavy atom. The minimum atomic E-state index is -0.989. The first-order valence-corrected chi connectivity index (χ1v) is 6.29. The van der Waals surface area contributed by atoms with Gasteiger partial charge in [-0.3, -0.25) is 4.79 Å². The molecule has 0 saturated carbocycles. The standard InChI is InChI=1S/C9H10I2N2O2/c10-5-1-4(2-6(11)8(5)13)3-7(12)9(14)15/h1-2,7H,3,12-13H2,(H,14,15). The molecule has 0 radical (unpaired) electrons. The number of halogens is 2. The number of rotatable bonds is 3. The summed E-state index contributed by atoms with van der Waals surface area (Å²) in [5.74, 6) is -0.989. The van der Waals surface area contributed by atoms with Crippen molar-refractivity contribution < 1.29 is 9.90 Å². The Kier molecular flexibility index (Phi) is 4.59. The topological polar surface area (TPSA) is 89.3 Å². The molecular weight excluding hydrogens is 422 g/mol. The minimum absolute atomic E-state index is 0.321. The van der Waals surface area contributed by atoms with Crippen LogP contribution in [0.4, 0.5) is 5.69 Å². The molecule has 82 valence electrons. The van der Waals surface area contributed by atoms with Gasteiger partial charge in [0.15, 0.2) is 0 Å². The van der Waals surface area contributed by atoms with Crippen LogP contribution in [0.2, 0.25) is 0 Å². The molecule has 1 aromatic rings. The molecule has 0 aliphatic carbocycles. The van der Waals surface area contributed by atoms with E-state index in [1.807, 2.05) is 12.1 Å². The molecule has 1 atom stereocenters. The predicted molar refractivity (Wildman–Crippen MR) is 75.6 cm³/mol. The Morgan fingerprint density at radius 3 is 2.27 bits per heavy atom. The minimum Gasteiger partial charge on any atom is -0.480 e. The van der Waals surface area contributed by atoms with E-state index in [4.69, 9.17) is 16.6 Å². The normalized spacial score (nSPS) is 12.5. The molecule has 0 aliphatic heterocycles.